The molecule has 0 aromatic carbocycles. The number of allylic oxidation sites excluding steroid dienone is 18. The zero-order chi connectivity index (χ0) is 45.1. The predicted octanol–water partition coefficient (Wildman–Crippen LogP) is 10.6. The molecule has 0 aliphatic heterocycles. The van der Waals surface area contributed by atoms with E-state index in [4.69, 9.17) is 24.8 Å². The van der Waals surface area contributed by atoms with Gasteiger partial charge in [0.25, 0.3) is 0 Å². The Morgan fingerprint density at radius 3 is 1.69 bits per heavy atom. The number of unbranched alkanes of at least 4 members (excludes halogenated alkanes) is 4. The Bertz CT molecular complexity index is 1510. The minimum Gasteiger partial charge on any atom is -0.480 e. The Hall–Kier alpha value is -4.16. The second-order valence-corrected chi connectivity index (χ2v) is 15.4. The van der Waals surface area contributed by atoms with Gasteiger partial charge in [-0.2, -0.15) is 0 Å². The maximum Gasteiger partial charge on any atom is 0.472 e. The minimum atomic E-state index is -4.76. The Labute approximate surface area is 365 Å². The van der Waals surface area contributed by atoms with Crippen LogP contribution in [0.25, 0.3) is 0 Å². The van der Waals surface area contributed by atoms with E-state index in [1.165, 1.54) is 0 Å². The number of nitrogens with two attached hydrogens (primary N) is 1. The third-order valence-electron chi connectivity index (χ3n) is 8.30. The van der Waals surface area contributed by atoms with Crippen molar-refractivity contribution in [2.75, 3.05) is 19.8 Å². The van der Waals surface area contributed by atoms with Gasteiger partial charge in [0.15, 0.2) is 6.10 Å². The first-order valence-electron chi connectivity index (χ1n) is 21.7. The highest BCUT2D eigenvalue weighted by Gasteiger charge is 2.28. The first-order chi connectivity index (χ1) is 29.5. The van der Waals surface area contributed by atoms with Crippen LogP contribution >= 0.6 is 7.82 Å². The molecule has 0 aromatic rings. The van der Waals surface area contributed by atoms with E-state index in [1.807, 2.05) is 54.7 Å². The van der Waals surface area contributed by atoms with Crippen molar-refractivity contribution < 1.29 is 52.6 Å². The summed E-state index contributed by atoms with van der Waals surface area (Å²) < 4.78 is 32.6. The third kappa shape index (κ3) is 41.0. The van der Waals surface area contributed by atoms with E-state index in [2.05, 4.69) is 79.1 Å². The number of aliphatic hydroxyl groups excluding tert-OH is 1. The number of carboxylic acids is 1. The van der Waals surface area contributed by atoms with E-state index >= 15 is 0 Å². The Morgan fingerprint density at radius 2 is 1.10 bits per heavy atom. The molecule has 0 saturated carbocycles. The summed E-state index contributed by atoms with van der Waals surface area (Å²) in [6.07, 6.45) is 51.8. The summed E-state index contributed by atoms with van der Waals surface area (Å²) in [5.41, 5.74) is 5.32. The van der Waals surface area contributed by atoms with E-state index < -0.39 is 63.8 Å². The fourth-order valence-corrected chi connectivity index (χ4v) is 5.71. The zero-order valence-corrected chi connectivity index (χ0v) is 37.4. The van der Waals surface area contributed by atoms with Crippen LogP contribution in [0.4, 0.5) is 0 Å². The van der Waals surface area contributed by atoms with Gasteiger partial charge >= 0.3 is 25.7 Å². The van der Waals surface area contributed by atoms with Gasteiger partial charge in [0.2, 0.25) is 0 Å². The Kier molecular flexibility index (Phi) is 38.4. The maximum atomic E-state index is 12.6. The summed E-state index contributed by atoms with van der Waals surface area (Å²) in [4.78, 5) is 45.9. The molecule has 0 spiro atoms. The van der Waals surface area contributed by atoms with Gasteiger partial charge in [0.05, 0.1) is 19.3 Å². The molecule has 12 nitrogen and oxygen atoms in total. The topological polar surface area (TPSA) is 192 Å². The normalized spacial score (nSPS) is 15.4. The number of phosphoric ester groups is 1. The first kappa shape index (κ1) is 56.8. The lowest BCUT2D eigenvalue weighted by Gasteiger charge is -2.20. The number of hydrogen-bond donors (Lipinski definition) is 4. The average molecular weight is 872 g/mol. The number of carboxylic acid groups (broad SMARTS) is 1. The summed E-state index contributed by atoms with van der Waals surface area (Å²) in [7, 11) is -4.76. The van der Waals surface area contributed by atoms with Crippen molar-refractivity contribution in [3.05, 3.63) is 122 Å². The molecule has 0 amide bonds. The molecule has 0 aromatic heterocycles. The molecule has 0 radical (unpaired) electrons. The molecule has 0 bridgehead atoms. The number of hydrogen-bond acceptors (Lipinski definition) is 10. The zero-order valence-electron chi connectivity index (χ0n) is 36.6. The van der Waals surface area contributed by atoms with Crippen LogP contribution in [0.3, 0.4) is 0 Å². The van der Waals surface area contributed by atoms with Crippen molar-refractivity contribution in [1.29, 1.82) is 0 Å². The second kappa shape index (κ2) is 41.2. The number of aliphatic carboxylic acids is 1. The number of esters is 2. The summed E-state index contributed by atoms with van der Waals surface area (Å²) in [5.74, 6) is -2.56. The molecule has 0 aliphatic rings. The van der Waals surface area contributed by atoms with Crippen molar-refractivity contribution in [3.63, 3.8) is 0 Å². The average Bonchev–Trinajstić information content (AvgIpc) is 3.23. The largest absolute Gasteiger partial charge is 0.480 e. The van der Waals surface area contributed by atoms with E-state index in [1.54, 1.807) is 6.08 Å². The fourth-order valence-electron chi connectivity index (χ4n) is 4.93. The van der Waals surface area contributed by atoms with Crippen LogP contribution in [0.1, 0.15) is 123 Å². The molecular formula is C48H74NO11P. The Morgan fingerprint density at radius 1 is 0.590 bits per heavy atom. The van der Waals surface area contributed by atoms with Gasteiger partial charge in [-0.15, -0.1) is 0 Å². The van der Waals surface area contributed by atoms with E-state index in [9.17, 15) is 28.9 Å². The standard InChI is InChI=1S/C48H74NO11P/c1-3-5-7-8-9-10-11-12-13-14-15-18-21-24-27-30-34-38-46(51)57-40-44(41-58-61(55,56)59-42-45(49)48(53)54)60-47(52)39-35-31-28-25-22-19-16-17-20-23-26-29-33-37-43(50)36-32-6-4-2/h5-7,9-10,12-13,15,17-20,22,26,28-29,31-33,37,43-45,50H,3-4,8,11,14,16,21,23-25,27,30,34-36,38-42,49H2,1-2H3,(H,53,54)(H,55,56)/b7-5-,10-9-,13-12-,18-15-,20-17-,22-19-,29-26+,31-28-,32-6-,37-33+/t43?,44-,45+/m1/s1. The van der Waals surface area contributed by atoms with E-state index in [-0.39, 0.29) is 12.8 Å². The number of ether oxygens (including phenoxy) is 2. The molecule has 13 heteroatoms. The maximum absolute atomic E-state index is 12.6. The molecule has 61 heavy (non-hydrogen) atoms. The number of carbonyl (C=O) groups excluding carboxylic acids is 2. The first-order valence-corrected chi connectivity index (χ1v) is 23.2. The third-order valence-corrected chi connectivity index (χ3v) is 9.25. The van der Waals surface area contributed by atoms with Gasteiger partial charge in [-0.05, 0) is 83.5 Å². The lowest BCUT2D eigenvalue weighted by molar-refractivity contribution is -0.161. The molecular weight excluding hydrogens is 797 g/mol. The monoisotopic (exact) mass is 871 g/mol. The molecule has 2 unspecified atom stereocenters. The van der Waals surface area contributed by atoms with Crippen LogP contribution in [-0.4, -0.2) is 71.1 Å². The molecule has 0 aliphatic carbocycles. The predicted molar refractivity (Wildman–Crippen MR) is 245 cm³/mol. The van der Waals surface area contributed by atoms with Crippen LogP contribution < -0.4 is 5.73 Å². The van der Waals surface area contributed by atoms with Crippen molar-refractivity contribution >= 4 is 25.7 Å². The molecule has 0 rings (SSSR count). The van der Waals surface area contributed by atoms with Crippen molar-refractivity contribution in [1.82, 2.24) is 0 Å². The Balaban J connectivity index is 4.60. The number of aliphatic hydroxyl groups is 1. The summed E-state index contributed by atoms with van der Waals surface area (Å²) in [5, 5.41) is 18.7. The highest BCUT2D eigenvalue weighted by molar-refractivity contribution is 7.47. The lowest BCUT2D eigenvalue weighted by Crippen LogP contribution is -2.34. The summed E-state index contributed by atoms with van der Waals surface area (Å²) in [6, 6.07) is -1.55. The van der Waals surface area contributed by atoms with E-state index in [0.717, 1.165) is 70.6 Å². The van der Waals surface area contributed by atoms with Gasteiger partial charge in [0.1, 0.15) is 12.6 Å². The number of carbonyl (C=O) groups is 3. The quantitative estimate of drug-likeness (QED) is 0.0151. The van der Waals surface area contributed by atoms with Crippen molar-refractivity contribution in [2.24, 2.45) is 5.73 Å². The van der Waals surface area contributed by atoms with Gasteiger partial charge in [-0.3, -0.25) is 23.4 Å². The highest BCUT2D eigenvalue weighted by Crippen LogP contribution is 2.43. The van der Waals surface area contributed by atoms with E-state index in [0.29, 0.717) is 25.7 Å². The molecule has 5 N–H and O–H groups in total. The van der Waals surface area contributed by atoms with Gasteiger partial charge < -0.3 is 30.3 Å². The molecule has 342 valence electrons. The van der Waals surface area contributed by atoms with Crippen molar-refractivity contribution in [3.8, 4) is 0 Å². The van der Waals surface area contributed by atoms with Gasteiger partial charge in [0, 0.05) is 12.8 Å². The smallest absolute Gasteiger partial charge is 0.472 e. The van der Waals surface area contributed by atoms with Crippen LogP contribution in [-0.2, 0) is 37.5 Å². The molecule has 0 fully saturated rings. The van der Waals surface area contributed by atoms with Crippen LogP contribution in [0.2, 0.25) is 0 Å². The lowest BCUT2D eigenvalue weighted by atomic mass is 10.1. The highest BCUT2D eigenvalue weighted by atomic mass is 31.2. The number of rotatable bonds is 38. The van der Waals surface area contributed by atoms with Gasteiger partial charge in [-0.25, -0.2) is 4.57 Å². The molecule has 4 atom stereocenters. The minimum absolute atomic E-state index is 0.00658. The summed E-state index contributed by atoms with van der Waals surface area (Å²) >= 11 is 0. The number of phosphoric acid groups is 1. The molecule has 0 saturated heterocycles. The summed E-state index contributed by atoms with van der Waals surface area (Å²) in [6.45, 7) is 2.34. The fraction of sp³-hybridized carbons (Fsp3) is 0.521. The SMILES string of the molecule is CC/C=C\C/C=C\C/C=C\C/C=C\CCCCCCC(=O)OC[C@H](COP(=O)(O)OC[C@H](N)C(=O)O)OC(=O)CC/C=C\C/C=C\C/C=C\C/C=C/C=C/C(O)C/C=C\CC. The van der Waals surface area contributed by atoms with Gasteiger partial charge in [-0.1, -0.05) is 148 Å². The van der Waals surface area contributed by atoms with Crippen molar-refractivity contribution in [2.45, 2.75) is 141 Å². The van der Waals surface area contributed by atoms with Crippen LogP contribution in [0.5, 0.6) is 0 Å². The van der Waals surface area contributed by atoms with Crippen LogP contribution in [0, 0.1) is 0 Å². The molecule has 0 heterocycles. The second-order valence-electron chi connectivity index (χ2n) is 13.9. The van der Waals surface area contributed by atoms with Crippen LogP contribution in [0.15, 0.2) is 122 Å².